The number of hydrogen-bond acceptors (Lipinski definition) is 4. The Kier molecular flexibility index (Phi) is 4.79. The number of hydrogen-bond donors (Lipinski definition) is 2. The Morgan fingerprint density at radius 1 is 1.32 bits per heavy atom. The van der Waals surface area contributed by atoms with Crippen LogP contribution in [0, 0.1) is 5.92 Å². The minimum atomic E-state index is -3.34. The van der Waals surface area contributed by atoms with E-state index in [2.05, 4.69) is 10.0 Å². The Labute approximate surface area is 114 Å². The molecule has 1 aliphatic heterocycles. The molecule has 1 atom stereocenters. The maximum atomic E-state index is 11.6. The molecule has 2 rings (SSSR count). The summed E-state index contributed by atoms with van der Waals surface area (Å²) in [7, 11) is -1.93. The zero-order chi connectivity index (χ0) is 13.7. The molecule has 1 unspecified atom stereocenters. The molecule has 1 saturated heterocycles. The highest BCUT2D eigenvalue weighted by Gasteiger charge is 2.15. The van der Waals surface area contributed by atoms with Crippen LogP contribution in [0.25, 0.3) is 0 Å². The number of nitrogens with one attached hydrogen (secondary N) is 2. The van der Waals surface area contributed by atoms with Crippen molar-refractivity contribution in [1.82, 2.24) is 4.72 Å². The van der Waals surface area contributed by atoms with E-state index in [1.165, 1.54) is 7.05 Å². The fraction of sp³-hybridized carbons (Fsp3) is 0.538. The lowest BCUT2D eigenvalue weighted by atomic mass is 10.1. The van der Waals surface area contributed by atoms with Gasteiger partial charge in [-0.15, -0.1) is 0 Å². The summed E-state index contributed by atoms with van der Waals surface area (Å²) in [6.07, 6.45) is 2.22. The molecule has 0 bridgehead atoms. The molecule has 6 heteroatoms. The van der Waals surface area contributed by atoms with Gasteiger partial charge >= 0.3 is 0 Å². The molecular formula is C13H20N2O3S. The fourth-order valence-corrected chi connectivity index (χ4v) is 2.83. The molecule has 0 amide bonds. The van der Waals surface area contributed by atoms with Crippen molar-refractivity contribution >= 4 is 15.7 Å². The van der Waals surface area contributed by atoms with Crippen molar-refractivity contribution in [3.8, 4) is 0 Å². The number of benzene rings is 1. The number of rotatable bonds is 6. The first-order chi connectivity index (χ1) is 9.12. The Balaban J connectivity index is 1.85. The van der Waals surface area contributed by atoms with Crippen LogP contribution in [0.5, 0.6) is 0 Å². The lowest BCUT2D eigenvalue weighted by Gasteiger charge is -2.10. The Hall–Kier alpha value is -1.11. The van der Waals surface area contributed by atoms with Crippen LogP contribution in [0.3, 0.4) is 0 Å². The SMILES string of the molecule is CNS(=O)(=O)c1ccc(NCCC2CCOC2)cc1. The van der Waals surface area contributed by atoms with Crippen LogP contribution in [0.4, 0.5) is 5.69 Å². The molecule has 0 aromatic heterocycles. The van der Waals surface area contributed by atoms with Gasteiger partial charge in [0.15, 0.2) is 0 Å². The van der Waals surface area contributed by atoms with Crippen molar-refractivity contribution in [3.05, 3.63) is 24.3 Å². The Morgan fingerprint density at radius 3 is 2.63 bits per heavy atom. The van der Waals surface area contributed by atoms with E-state index in [-0.39, 0.29) is 4.90 Å². The third-order valence-electron chi connectivity index (χ3n) is 3.34. The summed E-state index contributed by atoms with van der Waals surface area (Å²) in [5, 5.41) is 3.30. The van der Waals surface area contributed by atoms with Crippen LogP contribution >= 0.6 is 0 Å². The first kappa shape index (κ1) is 14.3. The maximum absolute atomic E-state index is 11.6. The Bertz CT molecular complexity index is 493. The number of sulfonamides is 1. The average molecular weight is 284 g/mol. The van der Waals surface area contributed by atoms with E-state index in [1.807, 2.05) is 0 Å². The first-order valence-corrected chi connectivity index (χ1v) is 7.95. The van der Waals surface area contributed by atoms with Crippen LogP contribution in [-0.4, -0.2) is 35.2 Å². The van der Waals surface area contributed by atoms with Crippen LogP contribution in [0.1, 0.15) is 12.8 Å². The van der Waals surface area contributed by atoms with E-state index in [0.29, 0.717) is 5.92 Å². The molecule has 1 fully saturated rings. The predicted molar refractivity (Wildman–Crippen MR) is 74.7 cm³/mol. The van der Waals surface area contributed by atoms with E-state index in [1.54, 1.807) is 24.3 Å². The second-order valence-corrected chi connectivity index (χ2v) is 6.56. The fourth-order valence-electron chi connectivity index (χ4n) is 2.10. The van der Waals surface area contributed by atoms with Crippen molar-refractivity contribution in [3.63, 3.8) is 0 Å². The molecule has 0 aliphatic carbocycles. The summed E-state index contributed by atoms with van der Waals surface area (Å²) >= 11 is 0. The molecule has 2 N–H and O–H groups in total. The second kappa shape index (κ2) is 6.36. The molecule has 1 heterocycles. The third kappa shape index (κ3) is 3.92. The molecule has 19 heavy (non-hydrogen) atoms. The summed E-state index contributed by atoms with van der Waals surface area (Å²) in [6.45, 7) is 2.62. The zero-order valence-electron chi connectivity index (χ0n) is 11.1. The first-order valence-electron chi connectivity index (χ1n) is 6.47. The lowest BCUT2D eigenvalue weighted by molar-refractivity contribution is 0.185. The molecule has 0 spiro atoms. The van der Waals surface area contributed by atoms with Crippen LogP contribution in [0.2, 0.25) is 0 Å². The van der Waals surface area contributed by atoms with Crippen molar-refractivity contribution in [1.29, 1.82) is 0 Å². The Morgan fingerprint density at radius 2 is 2.05 bits per heavy atom. The topological polar surface area (TPSA) is 67.4 Å². The summed E-state index contributed by atoms with van der Waals surface area (Å²) in [6, 6.07) is 6.78. The van der Waals surface area contributed by atoms with Crippen molar-refractivity contribution in [2.45, 2.75) is 17.7 Å². The average Bonchev–Trinajstić information content (AvgIpc) is 2.92. The molecule has 0 saturated carbocycles. The van der Waals surface area contributed by atoms with Gasteiger partial charge in [-0.2, -0.15) is 0 Å². The molecule has 5 nitrogen and oxygen atoms in total. The summed E-state index contributed by atoms with van der Waals surface area (Å²) < 4.78 is 30.7. The standard InChI is InChI=1S/C13H20N2O3S/c1-14-19(16,17)13-4-2-12(3-5-13)15-8-6-11-7-9-18-10-11/h2-5,11,14-15H,6-10H2,1H3. The van der Waals surface area contributed by atoms with Gasteiger partial charge in [-0.25, -0.2) is 13.1 Å². The second-order valence-electron chi connectivity index (χ2n) is 4.68. The van der Waals surface area contributed by atoms with Gasteiger partial charge in [0, 0.05) is 25.4 Å². The lowest BCUT2D eigenvalue weighted by Crippen LogP contribution is -2.18. The highest BCUT2D eigenvalue weighted by Crippen LogP contribution is 2.17. The molecular weight excluding hydrogens is 264 g/mol. The van der Waals surface area contributed by atoms with Crippen molar-refractivity contribution in [2.24, 2.45) is 5.92 Å². The van der Waals surface area contributed by atoms with Gasteiger partial charge in [0.25, 0.3) is 0 Å². The van der Waals surface area contributed by atoms with Gasteiger partial charge in [-0.3, -0.25) is 0 Å². The monoisotopic (exact) mass is 284 g/mol. The van der Waals surface area contributed by atoms with Gasteiger partial charge in [-0.05, 0) is 50.1 Å². The predicted octanol–water partition coefficient (Wildman–Crippen LogP) is 1.43. The number of anilines is 1. The van der Waals surface area contributed by atoms with Gasteiger partial charge < -0.3 is 10.1 Å². The van der Waals surface area contributed by atoms with Crippen LogP contribution < -0.4 is 10.0 Å². The van der Waals surface area contributed by atoms with Crippen LogP contribution in [-0.2, 0) is 14.8 Å². The van der Waals surface area contributed by atoms with E-state index in [0.717, 1.165) is 38.3 Å². The third-order valence-corrected chi connectivity index (χ3v) is 4.77. The molecule has 106 valence electrons. The van der Waals surface area contributed by atoms with E-state index in [4.69, 9.17) is 4.74 Å². The summed E-state index contributed by atoms with van der Waals surface area (Å²) in [4.78, 5) is 0.282. The summed E-state index contributed by atoms with van der Waals surface area (Å²) in [5.41, 5.74) is 0.939. The van der Waals surface area contributed by atoms with Gasteiger partial charge in [0.1, 0.15) is 0 Å². The van der Waals surface area contributed by atoms with E-state index in [9.17, 15) is 8.42 Å². The van der Waals surface area contributed by atoms with Crippen molar-refractivity contribution in [2.75, 3.05) is 32.1 Å². The van der Waals surface area contributed by atoms with E-state index >= 15 is 0 Å². The van der Waals surface area contributed by atoms with Gasteiger partial charge in [-0.1, -0.05) is 0 Å². The van der Waals surface area contributed by atoms with Gasteiger partial charge in [0.2, 0.25) is 10.0 Å². The highest BCUT2D eigenvalue weighted by atomic mass is 32.2. The minimum Gasteiger partial charge on any atom is -0.385 e. The summed E-state index contributed by atoms with van der Waals surface area (Å²) in [5.74, 6) is 0.649. The largest absolute Gasteiger partial charge is 0.385 e. The number of ether oxygens (including phenoxy) is 1. The molecule has 1 aromatic rings. The maximum Gasteiger partial charge on any atom is 0.240 e. The van der Waals surface area contributed by atoms with Crippen LogP contribution in [0.15, 0.2) is 29.2 Å². The van der Waals surface area contributed by atoms with Crippen molar-refractivity contribution < 1.29 is 13.2 Å². The zero-order valence-corrected chi connectivity index (χ0v) is 11.9. The molecule has 0 radical (unpaired) electrons. The molecule has 1 aromatic carbocycles. The van der Waals surface area contributed by atoms with Gasteiger partial charge in [0.05, 0.1) is 4.90 Å². The normalized spacial score (nSPS) is 19.5. The smallest absolute Gasteiger partial charge is 0.240 e. The molecule has 1 aliphatic rings. The minimum absolute atomic E-state index is 0.282. The highest BCUT2D eigenvalue weighted by molar-refractivity contribution is 7.89. The quantitative estimate of drug-likeness (QED) is 0.829. The van der Waals surface area contributed by atoms with E-state index < -0.39 is 10.0 Å².